The van der Waals surface area contributed by atoms with E-state index in [0.29, 0.717) is 6.10 Å². The van der Waals surface area contributed by atoms with Gasteiger partial charge in [0, 0.05) is 6.61 Å². The van der Waals surface area contributed by atoms with Crippen molar-refractivity contribution in [1.82, 2.24) is 0 Å². The fourth-order valence-corrected chi connectivity index (χ4v) is 2.04. The quantitative estimate of drug-likeness (QED) is 0.712. The van der Waals surface area contributed by atoms with Crippen LogP contribution in [0.2, 0.25) is 0 Å². The highest BCUT2D eigenvalue weighted by Crippen LogP contribution is 2.17. The highest BCUT2D eigenvalue weighted by Gasteiger charge is 2.15. The number of benzene rings is 1. The summed E-state index contributed by atoms with van der Waals surface area (Å²) in [6, 6.07) is 8.87. The zero-order valence-corrected chi connectivity index (χ0v) is 8.83. The van der Waals surface area contributed by atoms with Crippen molar-refractivity contribution < 1.29 is 4.74 Å². The summed E-state index contributed by atoms with van der Waals surface area (Å²) < 4.78 is 5.63. The molecule has 1 heterocycles. The van der Waals surface area contributed by atoms with Crippen LogP contribution >= 0.6 is 0 Å². The molecule has 0 aliphatic carbocycles. The van der Waals surface area contributed by atoms with E-state index in [4.69, 9.17) is 4.74 Å². The van der Waals surface area contributed by atoms with Crippen molar-refractivity contribution in [2.24, 2.45) is 0 Å². The Morgan fingerprint density at radius 2 is 2.21 bits per heavy atom. The minimum Gasteiger partial charge on any atom is -0.378 e. The molecule has 1 nitrogen and oxygen atoms in total. The summed E-state index contributed by atoms with van der Waals surface area (Å²) in [4.78, 5) is 0. The maximum Gasteiger partial charge on any atom is 0.0616 e. The second-order valence-corrected chi connectivity index (χ2v) is 4.01. The smallest absolute Gasteiger partial charge is 0.0616 e. The van der Waals surface area contributed by atoms with Gasteiger partial charge >= 0.3 is 0 Å². The van der Waals surface area contributed by atoms with E-state index in [9.17, 15) is 0 Å². The fraction of sp³-hybridized carbons (Fsp3) is 0.538. The average molecular weight is 190 g/mol. The van der Waals surface area contributed by atoms with Crippen LogP contribution in [0.15, 0.2) is 24.3 Å². The van der Waals surface area contributed by atoms with Crippen molar-refractivity contribution in [2.45, 2.75) is 38.7 Å². The molecule has 0 spiro atoms. The Balaban J connectivity index is 2.00. The Kier molecular flexibility index (Phi) is 3.20. The Morgan fingerprint density at radius 1 is 1.36 bits per heavy atom. The molecule has 0 saturated carbocycles. The number of hydrogen-bond acceptors (Lipinski definition) is 1. The van der Waals surface area contributed by atoms with Crippen LogP contribution in [0.1, 0.15) is 30.9 Å². The number of rotatable bonds is 3. The van der Waals surface area contributed by atoms with Gasteiger partial charge in [-0.25, -0.2) is 0 Å². The molecule has 0 bridgehead atoms. The van der Waals surface area contributed by atoms with Crippen molar-refractivity contribution in [3.05, 3.63) is 35.4 Å². The van der Waals surface area contributed by atoms with Gasteiger partial charge in [-0.1, -0.05) is 31.2 Å². The summed E-state index contributed by atoms with van der Waals surface area (Å²) in [5, 5.41) is 0. The first-order valence-electron chi connectivity index (χ1n) is 5.58. The van der Waals surface area contributed by atoms with E-state index < -0.39 is 0 Å². The molecule has 1 heteroatoms. The third-order valence-corrected chi connectivity index (χ3v) is 2.89. The monoisotopic (exact) mass is 190 g/mol. The molecule has 0 amide bonds. The first-order chi connectivity index (χ1) is 6.88. The minimum atomic E-state index is 0.474. The second kappa shape index (κ2) is 4.61. The number of aryl methyl sites for hydroxylation is 1. The summed E-state index contributed by atoms with van der Waals surface area (Å²) >= 11 is 0. The maximum absolute atomic E-state index is 5.63. The number of hydrogen-bond donors (Lipinski definition) is 0. The molecule has 1 aromatic rings. The molecule has 1 aliphatic heterocycles. The Hall–Kier alpha value is -0.820. The molecule has 1 aromatic carbocycles. The van der Waals surface area contributed by atoms with Crippen LogP contribution in [0.25, 0.3) is 0 Å². The summed E-state index contributed by atoms with van der Waals surface area (Å²) in [5.74, 6) is 0. The van der Waals surface area contributed by atoms with Gasteiger partial charge in [0.2, 0.25) is 0 Å². The first-order valence-corrected chi connectivity index (χ1v) is 5.58. The van der Waals surface area contributed by atoms with Crippen LogP contribution in [-0.2, 0) is 17.6 Å². The van der Waals surface area contributed by atoms with Crippen LogP contribution in [0.5, 0.6) is 0 Å². The van der Waals surface area contributed by atoms with E-state index in [0.717, 1.165) is 19.4 Å². The van der Waals surface area contributed by atoms with Gasteiger partial charge in [0.1, 0.15) is 0 Å². The lowest BCUT2D eigenvalue weighted by Crippen LogP contribution is -2.08. The molecule has 0 radical (unpaired) electrons. The molecule has 2 rings (SSSR count). The van der Waals surface area contributed by atoms with Crippen LogP contribution in [-0.4, -0.2) is 12.7 Å². The van der Waals surface area contributed by atoms with E-state index >= 15 is 0 Å². The third kappa shape index (κ3) is 2.36. The molecule has 76 valence electrons. The van der Waals surface area contributed by atoms with Gasteiger partial charge in [-0.05, 0) is 36.8 Å². The average Bonchev–Trinajstić information content (AvgIpc) is 2.71. The second-order valence-electron chi connectivity index (χ2n) is 4.01. The summed E-state index contributed by atoms with van der Waals surface area (Å²) in [7, 11) is 0. The molecule has 1 fully saturated rings. The zero-order chi connectivity index (χ0) is 9.80. The molecular formula is C13H18O. The first kappa shape index (κ1) is 9.72. The lowest BCUT2D eigenvalue weighted by Gasteiger charge is -2.09. The van der Waals surface area contributed by atoms with Gasteiger partial charge in [-0.15, -0.1) is 0 Å². The summed E-state index contributed by atoms with van der Waals surface area (Å²) in [6.07, 6.45) is 5.16. The molecule has 1 aliphatic rings. The zero-order valence-electron chi connectivity index (χ0n) is 8.83. The Labute approximate surface area is 86.1 Å². The van der Waals surface area contributed by atoms with Gasteiger partial charge in [0.25, 0.3) is 0 Å². The Bertz CT molecular complexity index is 287. The van der Waals surface area contributed by atoms with E-state index in [1.807, 2.05) is 0 Å². The molecule has 0 aromatic heterocycles. The topological polar surface area (TPSA) is 9.23 Å². The van der Waals surface area contributed by atoms with Gasteiger partial charge in [0.15, 0.2) is 0 Å². The molecule has 1 saturated heterocycles. The van der Waals surface area contributed by atoms with Crippen LogP contribution in [0.3, 0.4) is 0 Å². The summed E-state index contributed by atoms with van der Waals surface area (Å²) in [6.45, 7) is 3.16. The molecule has 1 atom stereocenters. The van der Waals surface area contributed by atoms with Crippen molar-refractivity contribution in [1.29, 1.82) is 0 Å². The lowest BCUT2D eigenvalue weighted by atomic mass is 10.0. The molecule has 14 heavy (non-hydrogen) atoms. The third-order valence-electron chi connectivity index (χ3n) is 2.89. The normalized spacial score (nSPS) is 21.4. The van der Waals surface area contributed by atoms with Gasteiger partial charge in [0.05, 0.1) is 6.10 Å². The minimum absolute atomic E-state index is 0.474. The van der Waals surface area contributed by atoms with Crippen molar-refractivity contribution in [3.8, 4) is 0 Å². The predicted octanol–water partition coefficient (Wildman–Crippen LogP) is 2.97. The maximum atomic E-state index is 5.63. The standard InChI is InChI=1S/C13H18O/c1-2-11-5-3-6-12(9-11)10-13-7-4-8-14-13/h3,5-6,9,13H,2,4,7-8,10H2,1H3. The Morgan fingerprint density at radius 3 is 2.93 bits per heavy atom. The van der Waals surface area contributed by atoms with Gasteiger partial charge in [-0.3, -0.25) is 0 Å². The lowest BCUT2D eigenvalue weighted by molar-refractivity contribution is 0.111. The van der Waals surface area contributed by atoms with Crippen LogP contribution in [0.4, 0.5) is 0 Å². The highest BCUT2D eigenvalue weighted by molar-refractivity contribution is 5.24. The van der Waals surface area contributed by atoms with Crippen LogP contribution in [0, 0.1) is 0 Å². The fourth-order valence-electron chi connectivity index (χ4n) is 2.04. The van der Waals surface area contributed by atoms with Crippen molar-refractivity contribution in [3.63, 3.8) is 0 Å². The molecule has 0 N–H and O–H groups in total. The number of ether oxygens (including phenoxy) is 1. The SMILES string of the molecule is CCc1cccc(CC2CCCO2)c1. The van der Waals surface area contributed by atoms with E-state index in [2.05, 4.69) is 31.2 Å². The highest BCUT2D eigenvalue weighted by atomic mass is 16.5. The van der Waals surface area contributed by atoms with Crippen LogP contribution < -0.4 is 0 Å². The largest absolute Gasteiger partial charge is 0.378 e. The van der Waals surface area contributed by atoms with Crippen molar-refractivity contribution >= 4 is 0 Å². The van der Waals surface area contributed by atoms with Gasteiger partial charge < -0.3 is 4.74 Å². The van der Waals surface area contributed by atoms with Gasteiger partial charge in [-0.2, -0.15) is 0 Å². The predicted molar refractivity (Wildman–Crippen MR) is 58.5 cm³/mol. The molecule has 1 unspecified atom stereocenters. The van der Waals surface area contributed by atoms with Crippen molar-refractivity contribution in [2.75, 3.05) is 6.61 Å². The molecular weight excluding hydrogens is 172 g/mol. The van der Waals surface area contributed by atoms with E-state index in [1.165, 1.54) is 24.0 Å². The summed E-state index contributed by atoms with van der Waals surface area (Å²) in [5.41, 5.74) is 2.86. The van der Waals surface area contributed by atoms with E-state index in [-0.39, 0.29) is 0 Å². The van der Waals surface area contributed by atoms with E-state index in [1.54, 1.807) is 0 Å².